The predicted molar refractivity (Wildman–Crippen MR) is 91.5 cm³/mol. The van der Waals surface area contributed by atoms with Gasteiger partial charge in [-0.2, -0.15) is 0 Å². The van der Waals surface area contributed by atoms with Crippen LogP contribution in [0.4, 0.5) is 0 Å². The molecular formula is C17H24N2S. The van der Waals surface area contributed by atoms with Crippen molar-refractivity contribution in [2.75, 3.05) is 13.1 Å². The van der Waals surface area contributed by atoms with E-state index in [2.05, 4.69) is 60.6 Å². The molecule has 0 unspecified atom stereocenters. The smallest absolute Gasteiger partial charge is 0.180 e. The molecule has 3 heteroatoms. The van der Waals surface area contributed by atoms with Crippen molar-refractivity contribution in [2.45, 2.75) is 40.0 Å². The maximum Gasteiger partial charge on any atom is 0.180 e. The molecule has 1 aromatic heterocycles. The van der Waals surface area contributed by atoms with Gasteiger partial charge in [0.1, 0.15) is 0 Å². The molecule has 2 nitrogen and oxygen atoms in total. The molecular weight excluding hydrogens is 264 g/mol. The van der Waals surface area contributed by atoms with Crippen LogP contribution in [0.15, 0.2) is 30.3 Å². The summed E-state index contributed by atoms with van der Waals surface area (Å²) >= 11 is 5.75. The van der Waals surface area contributed by atoms with Gasteiger partial charge < -0.3 is 4.90 Å². The third kappa shape index (κ3) is 2.88. The summed E-state index contributed by atoms with van der Waals surface area (Å²) in [7, 11) is 0. The van der Waals surface area contributed by atoms with Crippen molar-refractivity contribution in [3.63, 3.8) is 0 Å². The second-order valence-electron chi connectivity index (χ2n) is 5.09. The van der Waals surface area contributed by atoms with E-state index in [1.807, 2.05) is 0 Å². The zero-order chi connectivity index (χ0) is 14.5. The summed E-state index contributed by atoms with van der Waals surface area (Å²) in [6, 6.07) is 10.8. The van der Waals surface area contributed by atoms with E-state index in [1.54, 1.807) is 0 Å². The Morgan fingerprint density at radius 3 is 2.50 bits per heavy atom. The van der Waals surface area contributed by atoms with Crippen LogP contribution in [0.5, 0.6) is 0 Å². The van der Waals surface area contributed by atoms with E-state index in [-0.39, 0.29) is 0 Å². The number of aryl methyl sites for hydroxylation is 1. The van der Waals surface area contributed by atoms with Crippen molar-refractivity contribution in [3.8, 4) is 0 Å². The van der Waals surface area contributed by atoms with E-state index in [1.165, 1.54) is 29.4 Å². The van der Waals surface area contributed by atoms with Crippen molar-refractivity contribution in [1.82, 2.24) is 9.47 Å². The Labute approximate surface area is 127 Å². The molecule has 2 aromatic rings. The SMILES string of the molecule is CCCCc1cc2ccccc2n1C(=S)N(CC)CC. The first kappa shape index (κ1) is 15.0. The lowest BCUT2D eigenvalue weighted by Crippen LogP contribution is -2.34. The highest BCUT2D eigenvalue weighted by molar-refractivity contribution is 7.80. The van der Waals surface area contributed by atoms with Gasteiger partial charge >= 0.3 is 0 Å². The number of rotatable bonds is 5. The number of unbranched alkanes of at least 4 members (excludes halogenated alkanes) is 1. The fourth-order valence-electron chi connectivity index (χ4n) is 2.62. The number of nitrogens with zero attached hydrogens (tertiary/aromatic N) is 2. The van der Waals surface area contributed by atoms with Crippen molar-refractivity contribution in [1.29, 1.82) is 0 Å². The Kier molecular flexibility index (Phi) is 5.18. The maximum absolute atomic E-state index is 5.75. The monoisotopic (exact) mass is 288 g/mol. The molecule has 0 saturated heterocycles. The number of aromatic nitrogens is 1. The Hall–Kier alpha value is -1.35. The van der Waals surface area contributed by atoms with Crippen LogP contribution in [-0.2, 0) is 6.42 Å². The Morgan fingerprint density at radius 2 is 1.85 bits per heavy atom. The van der Waals surface area contributed by atoms with Gasteiger partial charge in [-0.3, -0.25) is 4.57 Å². The van der Waals surface area contributed by atoms with E-state index in [0.717, 1.165) is 24.6 Å². The topological polar surface area (TPSA) is 8.17 Å². The number of hydrogen-bond donors (Lipinski definition) is 0. The van der Waals surface area contributed by atoms with E-state index in [9.17, 15) is 0 Å². The number of thiocarbonyl (C=S) groups is 1. The van der Waals surface area contributed by atoms with E-state index < -0.39 is 0 Å². The first-order chi connectivity index (χ1) is 9.72. The largest absolute Gasteiger partial charge is 0.349 e. The molecule has 108 valence electrons. The number of hydrogen-bond acceptors (Lipinski definition) is 1. The first-order valence-corrected chi connectivity index (χ1v) is 8.02. The van der Waals surface area contributed by atoms with Crippen LogP contribution in [-0.4, -0.2) is 27.7 Å². The van der Waals surface area contributed by atoms with Crippen molar-refractivity contribution < 1.29 is 0 Å². The van der Waals surface area contributed by atoms with E-state index in [0.29, 0.717) is 0 Å². The summed E-state index contributed by atoms with van der Waals surface area (Å²) in [5, 5.41) is 2.22. The lowest BCUT2D eigenvalue weighted by Gasteiger charge is -2.24. The van der Waals surface area contributed by atoms with E-state index >= 15 is 0 Å². The lowest BCUT2D eigenvalue weighted by molar-refractivity contribution is 0.459. The molecule has 0 aliphatic rings. The summed E-state index contributed by atoms with van der Waals surface area (Å²) in [5.41, 5.74) is 2.57. The Morgan fingerprint density at radius 1 is 1.15 bits per heavy atom. The molecule has 0 N–H and O–H groups in total. The molecule has 0 amide bonds. The van der Waals surface area contributed by atoms with Gasteiger partial charge in [0, 0.05) is 24.2 Å². The Bertz CT molecular complexity index is 582. The van der Waals surface area contributed by atoms with Gasteiger partial charge in [-0.05, 0) is 51.0 Å². The van der Waals surface area contributed by atoms with Crippen LogP contribution < -0.4 is 0 Å². The summed E-state index contributed by atoms with van der Waals surface area (Å²) in [6.07, 6.45) is 3.50. The summed E-state index contributed by atoms with van der Waals surface area (Å²) < 4.78 is 2.27. The van der Waals surface area contributed by atoms with Crippen LogP contribution in [0.1, 0.15) is 39.3 Å². The minimum Gasteiger partial charge on any atom is -0.349 e. The van der Waals surface area contributed by atoms with Gasteiger partial charge in [-0.1, -0.05) is 31.5 Å². The number of para-hydroxylation sites is 1. The quantitative estimate of drug-likeness (QED) is 0.751. The van der Waals surface area contributed by atoms with Crippen LogP contribution >= 0.6 is 12.2 Å². The molecule has 0 fully saturated rings. The normalized spacial score (nSPS) is 10.9. The average molecular weight is 288 g/mol. The fraction of sp³-hybridized carbons (Fsp3) is 0.471. The molecule has 0 bridgehead atoms. The van der Waals surface area contributed by atoms with Crippen LogP contribution in [0, 0.1) is 0 Å². The highest BCUT2D eigenvalue weighted by Crippen LogP contribution is 2.22. The molecule has 20 heavy (non-hydrogen) atoms. The molecule has 0 radical (unpaired) electrons. The first-order valence-electron chi connectivity index (χ1n) is 7.61. The molecule has 0 aliphatic carbocycles. The highest BCUT2D eigenvalue weighted by atomic mass is 32.1. The molecule has 1 aromatic carbocycles. The molecule has 0 aliphatic heterocycles. The van der Waals surface area contributed by atoms with E-state index in [4.69, 9.17) is 12.2 Å². The van der Waals surface area contributed by atoms with Crippen LogP contribution in [0.3, 0.4) is 0 Å². The lowest BCUT2D eigenvalue weighted by atomic mass is 10.2. The van der Waals surface area contributed by atoms with Gasteiger partial charge in [-0.25, -0.2) is 0 Å². The third-order valence-electron chi connectivity index (χ3n) is 3.80. The van der Waals surface area contributed by atoms with Gasteiger partial charge in [0.15, 0.2) is 5.11 Å². The van der Waals surface area contributed by atoms with Crippen molar-refractivity contribution in [3.05, 3.63) is 36.0 Å². The minimum absolute atomic E-state index is 0.933. The molecule has 0 saturated carbocycles. The minimum atomic E-state index is 0.933. The molecule has 1 heterocycles. The van der Waals surface area contributed by atoms with Crippen molar-refractivity contribution >= 4 is 28.2 Å². The second kappa shape index (κ2) is 6.89. The predicted octanol–water partition coefficient (Wildman–Crippen LogP) is 4.46. The molecule has 2 rings (SSSR count). The standard InChI is InChI=1S/C17H24N2S/c1-4-7-11-15-13-14-10-8-9-12-16(14)19(15)17(20)18(5-2)6-3/h8-10,12-13H,4-7,11H2,1-3H3. The van der Waals surface area contributed by atoms with Gasteiger partial charge in [0.25, 0.3) is 0 Å². The molecule has 0 atom stereocenters. The second-order valence-corrected chi connectivity index (χ2v) is 5.45. The maximum atomic E-state index is 5.75. The Balaban J connectivity index is 2.49. The highest BCUT2D eigenvalue weighted by Gasteiger charge is 2.15. The number of fused-ring (bicyclic) bond motifs is 1. The van der Waals surface area contributed by atoms with Gasteiger partial charge in [0.2, 0.25) is 0 Å². The van der Waals surface area contributed by atoms with Crippen molar-refractivity contribution in [2.24, 2.45) is 0 Å². The van der Waals surface area contributed by atoms with Gasteiger partial charge in [0.05, 0.1) is 5.52 Å². The molecule has 0 spiro atoms. The zero-order valence-corrected chi connectivity index (χ0v) is 13.5. The summed E-state index contributed by atoms with van der Waals surface area (Å²) in [4.78, 5) is 2.25. The zero-order valence-electron chi connectivity index (χ0n) is 12.7. The number of benzene rings is 1. The van der Waals surface area contributed by atoms with Crippen LogP contribution in [0.2, 0.25) is 0 Å². The van der Waals surface area contributed by atoms with Crippen LogP contribution in [0.25, 0.3) is 10.9 Å². The summed E-state index contributed by atoms with van der Waals surface area (Å²) in [5.74, 6) is 0. The summed E-state index contributed by atoms with van der Waals surface area (Å²) in [6.45, 7) is 8.46. The third-order valence-corrected chi connectivity index (χ3v) is 4.24. The average Bonchev–Trinajstić information content (AvgIpc) is 2.84. The fourth-order valence-corrected chi connectivity index (χ4v) is 3.09. The van der Waals surface area contributed by atoms with Gasteiger partial charge in [-0.15, -0.1) is 0 Å².